The Bertz CT molecular complexity index is 1610. The Morgan fingerprint density at radius 1 is 0.848 bits per heavy atom. The van der Waals surface area contributed by atoms with Crippen molar-refractivity contribution in [2.24, 2.45) is 5.92 Å². The van der Waals surface area contributed by atoms with Gasteiger partial charge in [-0.1, -0.05) is 0 Å². The Morgan fingerprint density at radius 3 is 2.09 bits per heavy atom. The van der Waals surface area contributed by atoms with E-state index in [4.69, 9.17) is 23.7 Å². The number of rotatable bonds is 5. The first-order chi connectivity index (χ1) is 21.6. The average Bonchev–Trinajstić information content (AvgIpc) is 2.99. The number of phenolic OH excluding ortho intramolecular Hbond substituents is 5. The maximum atomic E-state index is 13.6. The number of hydrogen-bond donors (Lipinski definition) is 9. The average molecular weight is 652 g/mol. The van der Waals surface area contributed by atoms with Crippen LogP contribution in [0.25, 0.3) is 0 Å². The lowest BCUT2D eigenvalue weighted by molar-refractivity contribution is -0.288. The Labute approximate surface area is 254 Å². The van der Waals surface area contributed by atoms with Crippen molar-refractivity contribution in [3.63, 3.8) is 0 Å². The number of aliphatic hydroxyl groups is 3. The van der Waals surface area contributed by atoms with Crippen LogP contribution in [0.3, 0.4) is 0 Å². The zero-order chi connectivity index (χ0) is 33.8. The highest BCUT2D eigenvalue weighted by atomic mass is 16.7. The maximum Gasteiger partial charge on any atom is 0.341 e. The second kappa shape index (κ2) is 11.9. The van der Waals surface area contributed by atoms with E-state index in [1.807, 2.05) is 0 Å². The maximum absolute atomic E-state index is 13.6. The van der Waals surface area contributed by atoms with Gasteiger partial charge in [-0.25, -0.2) is 14.4 Å². The number of ether oxygens (including phenoxy) is 5. The van der Waals surface area contributed by atoms with E-state index in [0.717, 1.165) is 0 Å². The second-order valence-corrected chi connectivity index (χ2v) is 10.4. The summed E-state index contributed by atoms with van der Waals surface area (Å²) in [5.74, 6) is -17.6. The van der Waals surface area contributed by atoms with E-state index in [9.17, 15) is 69.9 Å². The Hall–Kier alpha value is -5.37. The standard InChI is InChI=1S/C27H24O19/c28-5-12-18(36)21-22(27(42-12)46-23(38)6-1-9(29)16(34)10(30)2-6)45-24(39)7-3-11(31)17(35)20-15(7)14(19(37)26(41)43-20)8(4-13(32)33)25(40)44-21/h1-3,8,12,14,18-19,21-22,27-31,34-37H,4-5H2,(H,32,33). The lowest BCUT2D eigenvalue weighted by Crippen LogP contribution is -2.62. The number of aliphatic hydroxyl groups excluding tert-OH is 3. The van der Waals surface area contributed by atoms with E-state index in [-0.39, 0.29) is 0 Å². The molecule has 46 heavy (non-hydrogen) atoms. The molecule has 3 heterocycles. The molecule has 1 saturated heterocycles. The number of aromatic hydroxyl groups is 5. The summed E-state index contributed by atoms with van der Waals surface area (Å²) in [6.07, 6.45) is -13.7. The molecule has 0 amide bonds. The van der Waals surface area contributed by atoms with Gasteiger partial charge in [-0.05, 0) is 18.2 Å². The van der Waals surface area contributed by atoms with Crippen LogP contribution in [0.15, 0.2) is 18.2 Å². The highest BCUT2D eigenvalue weighted by molar-refractivity contribution is 5.97. The minimum Gasteiger partial charge on any atom is -0.504 e. The molecule has 9 N–H and O–H groups in total. The van der Waals surface area contributed by atoms with Crippen molar-refractivity contribution in [1.29, 1.82) is 0 Å². The third kappa shape index (κ3) is 5.40. The lowest BCUT2D eigenvalue weighted by atomic mass is 9.76. The number of phenols is 5. The zero-order valence-corrected chi connectivity index (χ0v) is 22.9. The van der Waals surface area contributed by atoms with Gasteiger partial charge in [0.05, 0.1) is 30.1 Å². The summed E-state index contributed by atoms with van der Waals surface area (Å²) in [6, 6.07) is 1.93. The van der Waals surface area contributed by atoms with Gasteiger partial charge in [-0.2, -0.15) is 0 Å². The predicted octanol–water partition coefficient (Wildman–Crippen LogP) is -1.95. The number of fused-ring (bicyclic) bond motifs is 1. The van der Waals surface area contributed by atoms with Crippen LogP contribution in [0.2, 0.25) is 0 Å². The molecule has 0 spiro atoms. The quantitative estimate of drug-likeness (QED) is 0.0733. The van der Waals surface area contributed by atoms with E-state index in [0.29, 0.717) is 18.2 Å². The number of hydrogen-bond acceptors (Lipinski definition) is 18. The first-order valence-corrected chi connectivity index (χ1v) is 13.2. The van der Waals surface area contributed by atoms with Gasteiger partial charge in [0, 0.05) is 11.5 Å². The molecule has 246 valence electrons. The number of carboxylic acids is 1. The third-order valence-electron chi connectivity index (χ3n) is 7.56. The first-order valence-electron chi connectivity index (χ1n) is 13.2. The molecule has 3 aliphatic rings. The van der Waals surface area contributed by atoms with E-state index >= 15 is 0 Å². The number of carboxylic acid groups (broad SMARTS) is 1. The molecule has 0 aromatic heterocycles. The molecule has 2 aromatic rings. The smallest absolute Gasteiger partial charge is 0.341 e. The Balaban J connectivity index is 1.65. The van der Waals surface area contributed by atoms with Crippen LogP contribution in [0, 0.1) is 5.92 Å². The van der Waals surface area contributed by atoms with Gasteiger partial charge in [-0.15, -0.1) is 0 Å². The summed E-state index contributed by atoms with van der Waals surface area (Å²) in [7, 11) is 0. The van der Waals surface area contributed by atoms with E-state index < -0.39 is 143 Å². The van der Waals surface area contributed by atoms with E-state index in [1.54, 1.807) is 0 Å². The Kier molecular flexibility index (Phi) is 8.26. The molecule has 0 radical (unpaired) electrons. The van der Waals surface area contributed by atoms with Gasteiger partial charge in [0.25, 0.3) is 0 Å². The molecule has 19 nitrogen and oxygen atoms in total. The Morgan fingerprint density at radius 2 is 1.48 bits per heavy atom. The minimum atomic E-state index is -2.33. The predicted molar refractivity (Wildman–Crippen MR) is 138 cm³/mol. The van der Waals surface area contributed by atoms with Crippen LogP contribution >= 0.6 is 0 Å². The number of benzene rings is 2. The summed E-state index contributed by atoms with van der Waals surface area (Å²) >= 11 is 0. The van der Waals surface area contributed by atoms with Crippen LogP contribution < -0.4 is 4.74 Å². The van der Waals surface area contributed by atoms with E-state index in [1.165, 1.54) is 0 Å². The third-order valence-corrected chi connectivity index (χ3v) is 7.56. The number of esters is 4. The molecule has 8 unspecified atom stereocenters. The van der Waals surface area contributed by atoms with Crippen molar-refractivity contribution in [2.75, 3.05) is 6.61 Å². The molecule has 0 aliphatic carbocycles. The topological polar surface area (TPSA) is 314 Å². The van der Waals surface area contributed by atoms with Gasteiger partial charge >= 0.3 is 29.8 Å². The number of carbonyl (C=O) groups excluding carboxylic acids is 4. The van der Waals surface area contributed by atoms with Gasteiger partial charge in [0.2, 0.25) is 18.1 Å². The van der Waals surface area contributed by atoms with Crippen molar-refractivity contribution in [3.05, 3.63) is 34.9 Å². The van der Waals surface area contributed by atoms with Gasteiger partial charge < -0.3 is 69.6 Å². The zero-order valence-electron chi connectivity index (χ0n) is 22.9. The summed E-state index contributed by atoms with van der Waals surface area (Å²) in [6.45, 7) is -1.02. The van der Waals surface area contributed by atoms with Crippen LogP contribution in [-0.2, 0) is 33.3 Å². The lowest BCUT2D eigenvalue weighted by Gasteiger charge is -2.44. The van der Waals surface area contributed by atoms with Crippen molar-refractivity contribution >= 4 is 29.8 Å². The molecule has 3 aliphatic heterocycles. The SMILES string of the molecule is O=C(O)CC1C(=O)OC2C(O)C(CO)OC(OC(=O)c3cc(O)c(O)c(O)c3)C2OC(=O)c2cc(O)c(O)c3c2C1C(O)C(=O)O3. The van der Waals surface area contributed by atoms with Crippen LogP contribution in [0.1, 0.15) is 38.6 Å². The molecule has 19 heteroatoms. The summed E-state index contributed by atoms with van der Waals surface area (Å²) in [5.41, 5.74) is -2.01. The van der Waals surface area contributed by atoms with Gasteiger partial charge in [-0.3, -0.25) is 9.59 Å². The minimum absolute atomic E-state index is 0.592. The number of carbonyl (C=O) groups is 5. The summed E-state index contributed by atoms with van der Waals surface area (Å²) in [4.78, 5) is 64.6. The van der Waals surface area contributed by atoms with Crippen LogP contribution in [0.5, 0.6) is 34.5 Å². The fourth-order valence-corrected chi connectivity index (χ4v) is 5.38. The van der Waals surface area contributed by atoms with Gasteiger partial charge in [0.1, 0.15) is 12.2 Å². The van der Waals surface area contributed by atoms with Crippen LogP contribution in [0.4, 0.5) is 0 Å². The van der Waals surface area contributed by atoms with Crippen molar-refractivity contribution in [3.8, 4) is 34.5 Å². The van der Waals surface area contributed by atoms with Crippen molar-refractivity contribution in [2.45, 2.75) is 49.1 Å². The molecule has 5 rings (SSSR count). The molecule has 1 fully saturated rings. The molecule has 2 aromatic carbocycles. The second-order valence-electron chi connectivity index (χ2n) is 10.4. The normalized spacial score (nSPS) is 28.9. The highest BCUT2D eigenvalue weighted by Crippen LogP contribution is 2.51. The molecule has 0 saturated carbocycles. The van der Waals surface area contributed by atoms with Crippen LogP contribution in [-0.4, -0.2) is 119 Å². The fourth-order valence-electron chi connectivity index (χ4n) is 5.38. The highest BCUT2D eigenvalue weighted by Gasteiger charge is 2.55. The summed E-state index contributed by atoms with van der Waals surface area (Å²) in [5, 5.41) is 91.0. The largest absolute Gasteiger partial charge is 0.504 e. The molecule has 0 bridgehead atoms. The number of aliphatic carboxylic acids is 1. The van der Waals surface area contributed by atoms with E-state index in [2.05, 4.69) is 0 Å². The van der Waals surface area contributed by atoms with Crippen molar-refractivity contribution < 1.29 is 93.6 Å². The monoisotopic (exact) mass is 652 g/mol. The molecular weight excluding hydrogens is 628 g/mol. The van der Waals surface area contributed by atoms with Gasteiger partial charge in [0.15, 0.2) is 41.0 Å². The van der Waals surface area contributed by atoms with Crippen molar-refractivity contribution in [1.82, 2.24) is 0 Å². The summed E-state index contributed by atoms with van der Waals surface area (Å²) < 4.78 is 26.2. The fraction of sp³-hybridized carbons (Fsp3) is 0.370. The molecular formula is C27H24O19. The first kappa shape index (κ1) is 32.0. The molecule has 8 atom stereocenters.